The molecule has 4 N–H and O–H groups in total. The fourth-order valence-electron chi connectivity index (χ4n) is 3.20. The lowest BCUT2D eigenvalue weighted by atomic mass is 10.0. The Hall–Kier alpha value is -3.56. The summed E-state index contributed by atoms with van der Waals surface area (Å²) in [6.45, 7) is 3.96. The van der Waals surface area contributed by atoms with Gasteiger partial charge in [-0.05, 0) is 36.2 Å². The Bertz CT molecular complexity index is 1390. The zero-order valence-corrected chi connectivity index (χ0v) is 18.4. The van der Waals surface area contributed by atoms with Crippen LogP contribution in [0.2, 0.25) is 10.0 Å². The van der Waals surface area contributed by atoms with Crippen LogP contribution in [0.3, 0.4) is 0 Å². The molecule has 1 aliphatic rings. The van der Waals surface area contributed by atoms with Crippen molar-refractivity contribution in [3.8, 4) is 17.2 Å². The monoisotopic (exact) mass is 473 g/mol. The van der Waals surface area contributed by atoms with Gasteiger partial charge >= 0.3 is 5.69 Å². The molecule has 0 radical (unpaired) electrons. The maximum atomic E-state index is 12.3. The number of hydrogen-bond acceptors (Lipinski definition) is 6. The van der Waals surface area contributed by atoms with E-state index in [9.17, 15) is 14.4 Å². The van der Waals surface area contributed by atoms with Gasteiger partial charge in [-0.25, -0.2) is 4.79 Å². The molecular weight excluding hydrogens is 457 g/mol. The number of halogens is 2. The van der Waals surface area contributed by atoms with Gasteiger partial charge in [-0.2, -0.15) is 4.68 Å². The fraction of sp³-hybridized carbons (Fsp3) is 0.143. The number of aromatic amines is 1. The highest BCUT2D eigenvalue weighted by atomic mass is 35.5. The van der Waals surface area contributed by atoms with E-state index >= 15 is 0 Å². The highest BCUT2D eigenvalue weighted by Crippen LogP contribution is 2.41. The Labute approximate surface area is 191 Å². The van der Waals surface area contributed by atoms with Crippen LogP contribution in [0.4, 0.5) is 11.5 Å². The number of amides is 1. The van der Waals surface area contributed by atoms with E-state index in [1.807, 2.05) is 19.9 Å². The van der Waals surface area contributed by atoms with Gasteiger partial charge in [0.2, 0.25) is 5.82 Å². The molecule has 32 heavy (non-hydrogen) atoms. The van der Waals surface area contributed by atoms with Gasteiger partial charge in [0, 0.05) is 16.8 Å². The number of H-pyrrole nitrogens is 1. The maximum absolute atomic E-state index is 12.3. The topological polar surface area (TPSA) is 132 Å². The zero-order chi connectivity index (χ0) is 23.2. The first kappa shape index (κ1) is 21.7. The quantitative estimate of drug-likeness (QED) is 0.495. The molecule has 0 bridgehead atoms. The molecule has 9 nitrogen and oxygen atoms in total. The average Bonchev–Trinajstić information content (AvgIpc) is 3.01. The van der Waals surface area contributed by atoms with Gasteiger partial charge in [0.05, 0.1) is 15.7 Å². The van der Waals surface area contributed by atoms with Crippen LogP contribution in [0, 0.1) is 5.92 Å². The first-order valence-electron chi connectivity index (χ1n) is 9.48. The summed E-state index contributed by atoms with van der Waals surface area (Å²) in [7, 11) is 0. The van der Waals surface area contributed by atoms with Crippen LogP contribution in [-0.2, 0) is 4.79 Å². The summed E-state index contributed by atoms with van der Waals surface area (Å²) in [5, 5.41) is 6.76. The first-order chi connectivity index (χ1) is 15.1. The predicted molar refractivity (Wildman–Crippen MR) is 123 cm³/mol. The first-order valence-corrected chi connectivity index (χ1v) is 10.2. The molecular formula is C21H17Cl2N5O4. The number of allylic oxidation sites excluding steroid dienone is 1. The molecule has 1 amide bonds. The largest absolute Gasteiger partial charge is 0.454 e. The lowest BCUT2D eigenvalue weighted by Gasteiger charge is -2.13. The molecule has 0 saturated carbocycles. The van der Waals surface area contributed by atoms with Gasteiger partial charge in [-0.1, -0.05) is 43.1 Å². The van der Waals surface area contributed by atoms with E-state index in [0.717, 1.165) is 4.68 Å². The molecule has 0 fully saturated rings. The number of nitrogens with one attached hydrogen (secondary N) is 2. The van der Waals surface area contributed by atoms with E-state index in [4.69, 9.17) is 33.7 Å². The second-order valence-electron chi connectivity index (χ2n) is 7.38. The Balaban J connectivity index is 1.71. The van der Waals surface area contributed by atoms with Gasteiger partial charge in [0.1, 0.15) is 5.75 Å². The number of anilines is 2. The normalized spacial score (nSPS) is 14.0. The van der Waals surface area contributed by atoms with E-state index in [0.29, 0.717) is 22.6 Å². The number of rotatable bonds is 4. The summed E-state index contributed by atoms with van der Waals surface area (Å²) in [6, 6.07) is 7.92. The standard InChI is InChI=1S/C21H17Cl2N5O4/c1-9(2)5-13-12-8-11(3-4-16(12)25-19(13)29)32-17-14(22)6-10(7-15(17)23)28-21(31)26-20(30)18(24)27-28/h3-9H,1-2H3,(H2,24,27)(H,25,29)(H,26,30,31)/b13-5-. The van der Waals surface area contributed by atoms with Crippen molar-refractivity contribution in [2.75, 3.05) is 11.1 Å². The van der Waals surface area contributed by atoms with Crippen molar-refractivity contribution < 1.29 is 9.53 Å². The Morgan fingerprint density at radius 2 is 1.81 bits per heavy atom. The van der Waals surface area contributed by atoms with Crippen molar-refractivity contribution in [3.63, 3.8) is 0 Å². The summed E-state index contributed by atoms with van der Waals surface area (Å²) >= 11 is 12.7. The Morgan fingerprint density at radius 1 is 1.12 bits per heavy atom. The van der Waals surface area contributed by atoms with E-state index < -0.39 is 11.2 Å². The second-order valence-corrected chi connectivity index (χ2v) is 8.20. The number of hydrogen-bond donors (Lipinski definition) is 3. The van der Waals surface area contributed by atoms with Crippen LogP contribution < -0.4 is 27.0 Å². The lowest BCUT2D eigenvalue weighted by Crippen LogP contribution is -2.33. The van der Waals surface area contributed by atoms with Crippen LogP contribution >= 0.6 is 23.2 Å². The van der Waals surface area contributed by atoms with Gasteiger partial charge < -0.3 is 15.8 Å². The van der Waals surface area contributed by atoms with Crippen LogP contribution in [0.25, 0.3) is 11.3 Å². The van der Waals surface area contributed by atoms with Crippen molar-refractivity contribution in [2.45, 2.75) is 13.8 Å². The average molecular weight is 474 g/mol. The molecule has 3 aromatic rings. The molecule has 1 aromatic heterocycles. The molecule has 4 rings (SSSR count). The molecule has 0 spiro atoms. The van der Waals surface area contributed by atoms with Crippen molar-refractivity contribution in [3.05, 3.63) is 72.9 Å². The third-order valence-electron chi connectivity index (χ3n) is 4.57. The van der Waals surface area contributed by atoms with E-state index in [2.05, 4.69) is 15.4 Å². The number of aromatic nitrogens is 3. The summed E-state index contributed by atoms with van der Waals surface area (Å²) < 4.78 is 6.77. The van der Waals surface area contributed by atoms with Gasteiger partial charge in [-0.3, -0.25) is 14.6 Å². The Kier molecular flexibility index (Phi) is 5.53. The van der Waals surface area contributed by atoms with Crippen LogP contribution in [0.15, 0.2) is 46.0 Å². The second kappa shape index (κ2) is 8.18. The molecule has 0 unspecified atom stereocenters. The van der Waals surface area contributed by atoms with E-state index in [-0.39, 0.29) is 39.1 Å². The highest BCUT2D eigenvalue weighted by molar-refractivity contribution is 6.37. The highest BCUT2D eigenvalue weighted by Gasteiger charge is 2.25. The van der Waals surface area contributed by atoms with E-state index in [1.54, 1.807) is 18.2 Å². The summed E-state index contributed by atoms with van der Waals surface area (Å²) in [5.74, 6) is 0.180. The Morgan fingerprint density at radius 3 is 2.47 bits per heavy atom. The summed E-state index contributed by atoms with van der Waals surface area (Å²) in [4.78, 5) is 37.8. The van der Waals surface area contributed by atoms with E-state index in [1.165, 1.54) is 12.1 Å². The van der Waals surface area contributed by atoms with Crippen LogP contribution in [-0.4, -0.2) is 20.7 Å². The minimum absolute atomic E-state index is 0.0959. The molecule has 0 saturated heterocycles. The maximum Gasteiger partial charge on any atom is 0.349 e. The SMILES string of the molecule is CC(C)/C=C1\C(=O)Nc2ccc(Oc3c(Cl)cc(-n4nc(N)c(=O)[nH]c4=O)cc3Cl)cc21. The van der Waals surface area contributed by atoms with Gasteiger partial charge in [-0.15, -0.1) is 5.10 Å². The summed E-state index contributed by atoms with van der Waals surface area (Å²) in [6.07, 6.45) is 1.88. The molecule has 0 aliphatic carbocycles. The zero-order valence-electron chi connectivity index (χ0n) is 16.9. The van der Waals surface area contributed by atoms with Gasteiger partial charge in [0.25, 0.3) is 11.5 Å². The van der Waals surface area contributed by atoms with Gasteiger partial charge in [0.15, 0.2) is 5.75 Å². The van der Waals surface area contributed by atoms with Crippen LogP contribution in [0.1, 0.15) is 19.4 Å². The fourth-order valence-corrected chi connectivity index (χ4v) is 3.75. The predicted octanol–water partition coefficient (Wildman–Crippen LogP) is 3.59. The third-order valence-corrected chi connectivity index (χ3v) is 5.14. The smallest absolute Gasteiger partial charge is 0.349 e. The molecule has 0 atom stereocenters. The molecule has 2 heterocycles. The van der Waals surface area contributed by atoms with Crippen molar-refractivity contribution in [1.82, 2.24) is 14.8 Å². The minimum atomic E-state index is -0.801. The number of carbonyl (C=O) groups excluding carboxylic acids is 1. The lowest BCUT2D eigenvalue weighted by molar-refractivity contribution is -0.110. The van der Waals surface area contributed by atoms with Crippen molar-refractivity contribution in [2.24, 2.45) is 5.92 Å². The minimum Gasteiger partial charge on any atom is -0.454 e. The number of nitrogens with zero attached hydrogens (tertiary/aromatic N) is 2. The number of nitrogens with two attached hydrogens (primary N) is 1. The molecule has 164 valence electrons. The number of carbonyl (C=O) groups is 1. The molecule has 1 aliphatic heterocycles. The molecule has 2 aromatic carbocycles. The summed E-state index contributed by atoms with van der Waals surface area (Å²) in [5.41, 5.74) is 6.04. The number of fused-ring (bicyclic) bond motifs is 1. The van der Waals surface area contributed by atoms with Crippen molar-refractivity contribution in [1.29, 1.82) is 0 Å². The number of nitrogen functional groups attached to an aromatic ring is 1. The van der Waals surface area contributed by atoms with Crippen molar-refractivity contribution >= 4 is 46.2 Å². The number of benzene rings is 2. The van der Waals surface area contributed by atoms with Crippen LogP contribution in [0.5, 0.6) is 11.5 Å². The molecule has 11 heteroatoms. The number of ether oxygens (including phenoxy) is 1. The third kappa shape index (κ3) is 4.00.